The molecule has 142 valence electrons. The Kier molecular flexibility index (Phi) is 5.21. The maximum Gasteiger partial charge on any atom is 0.235 e. The van der Waals surface area contributed by atoms with Crippen molar-refractivity contribution >= 4 is 5.57 Å². The molecule has 4 rings (SSSR count). The molecule has 1 atom stereocenters. The fourth-order valence-corrected chi connectivity index (χ4v) is 4.24. The number of methoxy groups -OCH3 is 1. The van der Waals surface area contributed by atoms with Gasteiger partial charge in [-0.2, -0.15) is 0 Å². The first-order valence-electron chi connectivity index (χ1n) is 9.65. The van der Waals surface area contributed by atoms with E-state index >= 15 is 0 Å². The van der Waals surface area contributed by atoms with Gasteiger partial charge in [0.05, 0.1) is 7.11 Å². The Labute approximate surface area is 160 Å². The first kappa shape index (κ1) is 18.1. The lowest BCUT2D eigenvalue weighted by molar-refractivity contribution is 0.290. The minimum Gasteiger partial charge on any atom is -0.480 e. The molecule has 2 aromatic rings. The zero-order valence-electron chi connectivity index (χ0n) is 16.0. The average molecular weight is 367 g/mol. The summed E-state index contributed by atoms with van der Waals surface area (Å²) in [5.74, 6) is 0.588. The molecule has 0 radical (unpaired) electrons. The lowest BCUT2D eigenvalue weighted by atomic mass is 9.98. The zero-order chi connectivity index (χ0) is 18.8. The Balaban J connectivity index is 1.61. The summed E-state index contributed by atoms with van der Waals surface area (Å²) in [6, 6.07) is 6.68. The van der Waals surface area contributed by atoms with E-state index in [4.69, 9.17) is 4.74 Å². The predicted octanol–water partition coefficient (Wildman–Crippen LogP) is 3.78. The Morgan fingerprint density at radius 2 is 2.11 bits per heavy atom. The van der Waals surface area contributed by atoms with Gasteiger partial charge in [-0.05, 0) is 42.9 Å². The van der Waals surface area contributed by atoms with Crippen molar-refractivity contribution in [2.45, 2.75) is 38.8 Å². The van der Waals surface area contributed by atoms with Gasteiger partial charge in [-0.3, -0.25) is 4.98 Å². The van der Waals surface area contributed by atoms with Crippen LogP contribution in [0.5, 0.6) is 5.88 Å². The Hall–Kier alpha value is -2.27. The normalized spacial score (nSPS) is 19.6. The van der Waals surface area contributed by atoms with Gasteiger partial charge < -0.3 is 9.64 Å². The average Bonchev–Trinajstić information content (AvgIpc) is 3.23. The van der Waals surface area contributed by atoms with E-state index in [1.807, 2.05) is 0 Å². The topological polar surface area (TPSA) is 38.3 Å². The summed E-state index contributed by atoms with van der Waals surface area (Å²) in [6.45, 7) is 4.50. The van der Waals surface area contributed by atoms with Crippen LogP contribution in [0.25, 0.3) is 5.57 Å². The van der Waals surface area contributed by atoms with Crippen molar-refractivity contribution in [1.82, 2.24) is 14.9 Å². The minimum atomic E-state index is -0.661. The van der Waals surface area contributed by atoms with Gasteiger partial charge in [0.25, 0.3) is 0 Å². The third-order valence-electron chi connectivity index (χ3n) is 5.63. The van der Waals surface area contributed by atoms with E-state index in [2.05, 4.69) is 40.0 Å². The van der Waals surface area contributed by atoms with Crippen LogP contribution in [-0.2, 0) is 12.8 Å². The molecule has 1 unspecified atom stereocenters. The number of benzene rings is 1. The number of likely N-dealkylation sites (tertiary alicyclic amines) is 1. The number of rotatable bonds is 6. The first-order chi connectivity index (χ1) is 13.1. The number of alkyl halides is 1. The molecular formula is C22H26FN3O. The number of fused-ring (bicyclic) bond motifs is 1. The van der Waals surface area contributed by atoms with E-state index in [9.17, 15) is 4.39 Å². The van der Waals surface area contributed by atoms with Crippen LogP contribution in [0.2, 0.25) is 0 Å². The Bertz CT molecular complexity index is 864. The highest BCUT2D eigenvalue weighted by Crippen LogP contribution is 2.38. The summed E-state index contributed by atoms with van der Waals surface area (Å²) in [7, 11) is 1.63. The van der Waals surface area contributed by atoms with Crippen molar-refractivity contribution in [3.63, 3.8) is 0 Å². The second-order valence-corrected chi connectivity index (χ2v) is 7.55. The molecule has 5 heteroatoms. The van der Waals surface area contributed by atoms with Crippen molar-refractivity contribution in [3.8, 4) is 5.88 Å². The van der Waals surface area contributed by atoms with Crippen molar-refractivity contribution in [3.05, 3.63) is 58.6 Å². The second kappa shape index (κ2) is 7.77. The molecule has 2 aliphatic rings. The highest BCUT2D eigenvalue weighted by atomic mass is 19.1. The van der Waals surface area contributed by atoms with E-state index in [0.29, 0.717) is 25.3 Å². The second-order valence-electron chi connectivity index (χ2n) is 7.55. The molecule has 0 spiro atoms. The monoisotopic (exact) mass is 367 g/mol. The van der Waals surface area contributed by atoms with Crippen molar-refractivity contribution < 1.29 is 9.13 Å². The number of aromatic nitrogens is 2. The molecule has 1 aromatic heterocycles. The molecule has 1 aromatic carbocycles. The van der Waals surface area contributed by atoms with Gasteiger partial charge in [-0.1, -0.05) is 29.3 Å². The number of nitrogens with zero attached hydrogens (tertiary/aromatic N) is 3. The van der Waals surface area contributed by atoms with Gasteiger partial charge in [0.15, 0.2) is 0 Å². The highest BCUT2D eigenvalue weighted by molar-refractivity contribution is 5.78. The number of ether oxygens (including phenoxy) is 1. The summed E-state index contributed by atoms with van der Waals surface area (Å²) in [5.41, 5.74) is 7.61. The standard InChI is InChI=1S/C22H26FN3O/c1-15-3-4-19-17(11-15)12-16(5-9-26-10-6-18(23)14-26)20(19)13-21-22(27-2)25-8-7-24-21/h3-4,7-8,11,18H,5-6,9-10,12-14H2,1-2H3. The summed E-state index contributed by atoms with van der Waals surface area (Å²) >= 11 is 0. The van der Waals surface area contributed by atoms with E-state index in [-0.39, 0.29) is 0 Å². The van der Waals surface area contributed by atoms with E-state index in [0.717, 1.165) is 31.6 Å². The fraction of sp³-hybridized carbons (Fsp3) is 0.455. The van der Waals surface area contributed by atoms with Crippen LogP contribution in [0.3, 0.4) is 0 Å². The van der Waals surface area contributed by atoms with Crippen LogP contribution in [-0.4, -0.2) is 47.8 Å². The summed E-state index contributed by atoms with van der Waals surface area (Å²) in [4.78, 5) is 11.0. The molecule has 0 saturated carbocycles. The summed E-state index contributed by atoms with van der Waals surface area (Å²) in [6.07, 6.45) is 6.04. The number of hydrogen-bond donors (Lipinski definition) is 0. The molecule has 0 bridgehead atoms. The van der Waals surface area contributed by atoms with Gasteiger partial charge in [0, 0.05) is 38.4 Å². The van der Waals surface area contributed by atoms with Crippen molar-refractivity contribution in [1.29, 1.82) is 0 Å². The van der Waals surface area contributed by atoms with Gasteiger partial charge in [-0.25, -0.2) is 9.37 Å². The van der Waals surface area contributed by atoms with Gasteiger partial charge >= 0.3 is 0 Å². The number of hydrogen-bond acceptors (Lipinski definition) is 4. The molecule has 4 nitrogen and oxygen atoms in total. The lowest BCUT2D eigenvalue weighted by Crippen LogP contribution is -2.22. The van der Waals surface area contributed by atoms with Crippen LogP contribution in [0.1, 0.15) is 35.2 Å². The number of aryl methyl sites for hydroxylation is 1. The molecule has 1 aliphatic heterocycles. The number of allylic oxidation sites excluding steroid dienone is 1. The van der Waals surface area contributed by atoms with Gasteiger partial charge in [0.1, 0.15) is 11.9 Å². The maximum atomic E-state index is 13.5. The van der Waals surface area contributed by atoms with E-state index in [1.165, 1.54) is 27.8 Å². The number of halogens is 1. The molecule has 2 heterocycles. The summed E-state index contributed by atoms with van der Waals surface area (Å²) in [5, 5.41) is 0. The van der Waals surface area contributed by atoms with Crippen LogP contribution in [0.15, 0.2) is 36.2 Å². The summed E-state index contributed by atoms with van der Waals surface area (Å²) < 4.78 is 18.9. The van der Waals surface area contributed by atoms with E-state index in [1.54, 1.807) is 19.5 Å². The fourth-order valence-electron chi connectivity index (χ4n) is 4.24. The minimum absolute atomic E-state index is 0.576. The van der Waals surface area contributed by atoms with Crippen LogP contribution in [0.4, 0.5) is 4.39 Å². The molecule has 1 saturated heterocycles. The molecule has 1 fully saturated rings. The predicted molar refractivity (Wildman–Crippen MR) is 105 cm³/mol. The van der Waals surface area contributed by atoms with E-state index < -0.39 is 6.17 Å². The van der Waals surface area contributed by atoms with Crippen molar-refractivity contribution in [2.24, 2.45) is 0 Å². The lowest BCUT2D eigenvalue weighted by Gasteiger charge is -2.16. The highest BCUT2D eigenvalue weighted by Gasteiger charge is 2.26. The molecule has 0 amide bonds. The third-order valence-corrected chi connectivity index (χ3v) is 5.63. The smallest absolute Gasteiger partial charge is 0.235 e. The van der Waals surface area contributed by atoms with Crippen LogP contribution < -0.4 is 4.74 Å². The largest absolute Gasteiger partial charge is 0.480 e. The SMILES string of the molecule is COc1nccnc1CC1=C(CCN2CCC(F)C2)Cc2cc(C)ccc21. The maximum absolute atomic E-state index is 13.5. The quantitative estimate of drug-likeness (QED) is 0.779. The zero-order valence-corrected chi connectivity index (χ0v) is 16.0. The molecular weight excluding hydrogens is 341 g/mol. The van der Waals surface area contributed by atoms with Crippen LogP contribution in [0, 0.1) is 6.92 Å². The van der Waals surface area contributed by atoms with Crippen molar-refractivity contribution in [2.75, 3.05) is 26.7 Å². The van der Waals surface area contributed by atoms with Gasteiger partial charge in [0.2, 0.25) is 5.88 Å². The third kappa shape index (κ3) is 3.88. The Morgan fingerprint density at radius 3 is 2.89 bits per heavy atom. The Morgan fingerprint density at radius 1 is 1.26 bits per heavy atom. The first-order valence-corrected chi connectivity index (χ1v) is 9.65. The molecule has 1 aliphatic carbocycles. The molecule has 27 heavy (non-hydrogen) atoms. The van der Waals surface area contributed by atoms with Crippen LogP contribution >= 0.6 is 0 Å². The molecule has 0 N–H and O–H groups in total. The van der Waals surface area contributed by atoms with Gasteiger partial charge in [-0.15, -0.1) is 0 Å².